The van der Waals surface area contributed by atoms with Crippen LogP contribution in [0.25, 0.3) is 10.9 Å². The minimum absolute atomic E-state index is 0.233. The number of hydrogen-bond donors (Lipinski definition) is 3. The van der Waals surface area contributed by atoms with E-state index < -0.39 is 5.91 Å². The summed E-state index contributed by atoms with van der Waals surface area (Å²) >= 11 is 11.8. The maximum Gasteiger partial charge on any atom is 0.252 e. The zero-order chi connectivity index (χ0) is 24.1. The van der Waals surface area contributed by atoms with Gasteiger partial charge in [0.1, 0.15) is 17.2 Å². The number of carbonyl (C=O) groups excluding carboxylic acids is 1. The van der Waals surface area contributed by atoms with Crippen molar-refractivity contribution in [2.75, 3.05) is 12.4 Å². The van der Waals surface area contributed by atoms with Crippen LogP contribution in [0.5, 0.6) is 17.2 Å². The van der Waals surface area contributed by atoms with Crippen LogP contribution in [-0.2, 0) is 6.54 Å². The van der Waals surface area contributed by atoms with Crippen molar-refractivity contribution in [1.29, 1.82) is 0 Å². The molecule has 0 bridgehead atoms. The van der Waals surface area contributed by atoms with E-state index in [1.165, 1.54) is 7.11 Å². The fraction of sp³-hybridized carbons (Fsp3) is 0.0833. The number of methoxy groups -OCH3 is 1. The summed E-state index contributed by atoms with van der Waals surface area (Å²) in [5, 5.41) is 7.58. The first-order valence-electron chi connectivity index (χ1n) is 10.1. The Hall–Kier alpha value is -3.95. The van der Waals surface area contributed by atoms with Crippen molar-refractivity contribution in [3.63, 3.8) is 0 Å². The molecule has 1 amide bonds. The molecule has 0 atom stereocenters. The highest BCUT2D eigenvalue weighted by Gasteiger charge is 2.15. The maximum absolute atomic E-state index is 11.8. The fourth-order valence-corrected chi connectivity index (χ4v) is 3.63. The van der Waals surface area contributed by atoms with Crippen molar-refractivity contribution in [3.8, 4) is 17.2 Å². The Labute approximate surface area is 206 Å². The number of aromatic nitrogens is 2. The van der Waals surface area contributed by atoms with Gasteiger partial charge in [0.15, 0.2) is 5.11 Å². The van der Waals surface area contributed by atoms with Crippen LogP contribution < -0.4 is 25.8 Å². The summed E-state index contributed by atoms with van der Waals surface area (Å²) in [7, 11) is 1.46. The van der Waals surface area contributed by atoms with E-state index in [1.807, 2.05) is 18.2 Å². The lowest BCUT2D eigenvalue weighted by Crippen LogP contribution is -2.28. The van der Waals surface area contributed by atoms with Crippen molar-refractivity contribution < 1.29 is 14.3 Å². The average Bonchev–Trinajstić information content (AvgIpc) is 2.84. The number of nitrogens with one attached hydrogen (secondary N) is 2. The molecule has 2 aromatic heterocycles. The molecule has 10 heteroatoms. The second-order valence-corrected chi connectivity index (χ2v) is 7.93. The molecular weight excluding hydrogens is 474 g/mol. The Kier molecular flexibility index (Phi) is 7.05. The van der Waals surface area contributed by atoms with Crippen LogP contribution in [0.2, 0.25) is 5.02 Å². The molecule has 0 saturated heterocycles. The first kappa shape index (κ1) is 23.2. The first-order chi connectivity index (χ1) is 16.4. The van der Waals surface area contributed by atoms with Crippen LogP contribution in [0.3, 0.4) is 0 Å². The molecule has 4 rings (SSSR count). The number of hydrogen-bond acceptors (Lipinski definition) is 6. The lowest BCUT2D eigenvalue weighted by atomic mass is 10.1. The molecule has 2 heterocycles. The van der Waals surface area contributed by atoms with Gasteiger partial charge in [-0.3, -0.25) is 14.8 Å². The van der Waals surface area contributed by atoms with Crippen LogP contribution >= 0.6 is 23.8 Å². The third-order valence-corrected chi connectivity index (χ3v) is 5.42. The van der Waals surface area contributed by atoms with E-state index in [4.69, 9.17) is 39.0 Å². The third kappa shape index (κ3) is 5.33. The molecule has 4 aromatic rings. The summed E-state index contributed by atoms with van der Waals surface area (Å²) in [5.41, 5.74) is 7.80. The number of rotatable bonds is 7. The van der Waals surface area contributed by atoms with Gasteiger partial charge in [0, 0.05) is 29.9 Å². The van der Waals surface area contributed by atoms with E-state index >= 15 is 0 Å². The monoisotopic (exact) mass is 493 g/mol. The Bertz CT molecular complexity index is 1370. The van der Waals surface area contributed by atoms with Crippen LogP contribution in [-0.4, -0.2) is 28.1 Å². The lowest BCUT2D eigenvalue weighted by molar-refractivity contribution is 0.0997. The molecule has 0 spiro atoms. The highest BCUT2D eigenvalue weighted by atomic mass is 35.5. The Morgan fingerprint density at radius 1 is 1.09 bits per heavy atom. The lowest BCUT2D eigenvalue weighted by Gasteiger charge is -2.14. The number of fused-ring (bicyclic) bond motifs is 1. The minimum atomic E-state index is -0.611. The van der Waals surface area contributed by atoms with Crippen molar-refractivity contribution in [1.82, 2.24) is 15.3 Å². The summed E-state index contributed by atoms with van der Waals surface area (Å²) in [6.45, 7) is 0.485. The Morgan fingerprint density at radius 3 is 2.65 bits per heavy atom. The molecule has 0 radical (unpaired) electrons. The number of primary amides is 1. The summed E-state index contributed by atoms with van der Waals surface area (Å²) in [5.74, 6) is 0.710. The largest absolute Gasteiger partial charge is 0.496 e. The molecule has 0 aliphatic rings. The maximum atomic E-state index is 11.8. The van der Waals surface area contributed by atoms with E-state index in [0.29, 0.717) is 50.5 Å². The van der Waals surface area contributed by atoms with Crippen molar-refractivity contribution in [3.05, 3.63) is 83.3 Å². The van der Waals surface area contributed by atoms with Gasteiger partial charge in [-0.1, -0.05) is 17.7 Å². The number of benzene rings is 2. The van der Waals surface area contributed by atoms with Crippen LogP contribution in [0.15, 0.2) is 67.0 Å². The molecule has 4 N–H and O–H groups in total. The predicted octanol–water partition coefficient (Wildman–Crippen LogP) is 4.67. The number of ether oxygens (including phenoxy) is 2. The molecule has 172 valence electrons. The Morgan fingerprint density at radius 2 is 1.94 bits per heavy atom. The molecule has 0 fully saturated rings. The van der Waals surface area contributed by atoms with E-state index in [0.717, 1.165) is 5.69 Å². The summed E-state index contributed by atoms with van der Waals surface area (Å²) in [6, 6.07) is 15.8. The smallest absolute Gasteiger partial charge is 0.252 e. The topological polar surface area (TPSA) is 111 Å². The van der Waals surface area contributed by atoms with Gasteiger partial charge in [-0.15, -0.1) is 0 Å². The van der Waals surface area contributed by atoms with E-state index in [-0.39, 0.29) is 5.56 Å². The number of pyridine rings is 2. The number of thiocarbonyl (C=S) groups is 1. The van der Waals surface area contributed by atoms with Crippen LogP contribution in [0.4, 0.5) is 5.69 Å². The van der Waals surface area contributed by atoms with E-state index in [9.17, 15) is 4.79 Å². The second kappa shape index (κ2) is 10.3. The van der Waals surface area contributed by atoms with Crippen molar-refractivity contribution >= 4 is 51.4 Å². The number of carbonyl (C=O) groups is 1. The summed E-state index contributed by atoms with van der Waals surface area (Å²) in [6.07, 6.45) is 3.32. The number of amides is 1. The Balaban J connectivity index is 1.50. The second-order valence-electron chi connectivity index (χ2n) is 7.12. The quantitative estimate of drug-likeness (QED) is 0.318. The zero-order valence-corrected chi connectivity index (χ0v) is 19.6. The first-order valence-corrected chi connectivity index (χ1v) is 10.9. The molecule has 0 saturated carbocycles. The minimum Gasteiger partial charge on any atom is -0.496 e. The van der Waals surface area contributed by atoms with Gasteiger partial charge in [0.25, 0.3) is 5.91 Å². The standard InChI is InChI=1S/C24H20ClN5O3S/c1-32-22-12-20-16(11-17(22)23(26)31)21(7-9-28-20)33-15-5-6-19(18(25)10-15)30-24(34)29-13-14-4-2-3-8-27-14/h2-12H,13H2,1H3,(H2,26,31)(H2,29,30,34). The van der Waals surface area contributed by atoms with Crippen LogP contribution in [0.1, 0.15) is 16.1 Å². The van der Waals surface area contributed by atoms with Gasteiger partial charge < -0.3 is 25.8 Å². The highest BCUT2D eigenvalue weighted by Crippen LogP contribution is 2.35. The highest BCUT2D eigenvalue weighted by molar-refractivity contribution is 7.80. The average molecular weight is 494 g/mol. The van der Waals surface area contributed by atoms with Gasteiger partial charge in [0.05, 0.1) is 41.1 Å². The molecular formula is C24H20ClN5O3S. The van der Waals surface area contributed by atoms with Gasteiger partial charge in [-0.05, 0) is 48.6 Å². The number of nitrogens with two attached hydrogens (primary N) is 1. The SMILES string of the molecule is COc1cc2nccc(Oc3ccc(NC(=S)NCc4ccccn4)c(Cl)c3)c2cc1C(N)=O. The van der Waals surface area contributed by atoms with Crippen LogP contribution in [0, 0.1) is 0 Å². The normalized spacial score (nSPS) is 10.5. The fourth-order valence-electron chi connectivity index (χ4n) is 3.23. The van der Waals surface area contributed by atoms with Gasteiger partial charge in [-0.2, -0.15) is 0 Å². The predicted molar refractivity (Wildman–Crippen MR) is 136 cm³/mol. The van der Waals surface area contributed by atoms with Gasteiger partial charge in [0.2, 0.25) is 0 Å². The number of anilines is 1. The molecule has 34 heavy (non-hydrogen) atoms. The molecule has 0 aliphatic heterocycles. The molecule has 0 unspecified atom stereocenters. The molecule has 0 aliphatic carbocycles. The van der Waals surface area contributed by atoms with Gasteiger partial charge in [-0.25, -0.2) is 0 Å². The summed E-state index contributed by atoms with van der Waals surface area (Å²) in [4.78, 5) is 20.4. The van der Waals surface area contributed by atoms with Crippen molar-refractivity contribution in [2.24, 2.45) is 5.73 Å². The molecule has 2 aromatic carbocycles. The molecule has 8 nitrogen and oxygen atoms in total. The number of halogens is 1. The number of nitrogens with zero attached hydrogens (tertiary/aromatic N) is 2. The van der Waals surface area contributed by atoms with Crippen molar-refractivity contribution in [2.45, 2.75) is 6.54 Å². The zero-order valence-electron chi connectivity index (χ0n) is 18.0. The van der Waals surface area contributed by atoms with Gasteiger partial charge >= 0.3 is 0 Å². The summed E-state index contributed by atoms with van der Waals surface area (Å²) < 4.78 is 11.3. The van der Waals surface area contributed by atoms with E-state index in [2.05, 4.69) is 20.6 Å². The van der Waals surface area contributed by atoms with E-state index in [1.54, 1.807) is 48.8 Å². The third-order valence-electron chi connectivity index (χ3n) is 4.86.